The zero-order valence-electron chi connectivity index (χ0n) is 14.4. The zero-order chi connectivity index (χ0) is 17.3. The number of nitrogens with zero attached hydrogens (tertiary/aromatic N) is 1. The van der Waals surface area contributed by atoms with Gasteiger partial charge in [0.05, 0.1) is 0 Å². The summed E-state index contributed by atoms with van der Waals surface area (Å²) in [4.78, 5) is 21.3. The van der Waals surface area contributed by atoms with Crippen molar-refractivity contribution in [2.24, 2.45) is 0 Å². The van der Waals surface area contributed by atoms with E-state index in [0.29, 0.717) is 0 Å². The summed E-state index contributed by atoms with van der Waals surface area (Å²) in [6.45, 7) is 4.28. The Bertz CT molecular complexity index is 737. The molecule has 124 valence electrons. The summed E-state index contributed by atoms with van der Waals surface area (Å²) in [7, 11) is 0. The van der Waals surface area contributed by atoms with E-state index in [1.807, 2.05) is 53.4 Å². The summed E-state index contributed by atoms with van der Waals surface area (Å²) in [5, 5.41) is 0. The minimum absolute atomic E-state index is 0.162. The maximum atomic E-state index is 12.7. The molecular formula is C20H23NO2Sn. The van der Waals surface area contributed by atoms with Crippen LogP contribution in [0.1, 0.15) is 23.3 Å². The molecule has 0 aromatic heterocycles. The van der Waals surface area contributed by atoms with Crippen LogP contribution in [-0.2, 0) is 4.74 Å². The number of carbonyl (C=O) groups is 1. The van der Waals surface area contributed by atoms with Crippen molar-refractivity contribution in [3.8, 4) is 0 Å². The van der Waals surface area contributed by atoms with Gasteiger partial charge in [0.25, 0.3) is 0 Å². The van der Waals surface area contributed by atoms with Crippen LogP contribution in [-0.4, -0.2) is 29.4 Å². The molecule has 0 bridgehead atoms. The zero-order valence-corrected chi connectivity index (χ0v) is 17.3. The summed E-state index contributed by atoms with van der Waals surface area (Å²) in [6, 6.07) is 19.9. The van der Waals surface area contributed by atoms with Gasteiger partial charge in [0.15, 0.2) is 0 Å². The van der Waals surface area contributed by atoms with Crippen molar-refractivity contribution in [3.63, 3.8) is 0 Å². The predicted molar refractivity (Wildman–Crippen MR) is 99.2 cm³/mol. The fourth-order valence-corrected chi connectivity index (χ4v) is 5.71. The third kappa shape index (κ3) is 3.22. The Hall–Kier alpha value is -1.75. The Morgan fingerprint density at radius 2 is 1.46 bits per heavy atom. The van der Waals surface area contributed by atoms with Gasteiger partial charge in [-0.15, -0.1) is 0 Å². The van der Waals surface area contributed by atoms with Crippen LogP contribution in [0.25, 0.3) is 0 Å². The van der Waals surface area contributed by atoms with Crippen LogP contribution in [0, 0.1) is 0 Å². The number of rotatable bonds is 4. The molecular weight excluding hydrogens is 405 g/mol. The summed E-state index contributed by atoms with van der Waals surface area (Å²) in [5.41, 5.74) is 2.09. The molecule has 1 saturated heterocycles. The van der Waals surface area contributed by atoms with Gasteiger partial charge >= 0.3 is 148 Å². The Labute approximate surface area is 147 Å². The first kappa shape index (κ1) is 17.1. The van der Waals surface area contributed by atoms with Gasteiger partial charge in [0.2, 0.25) is 0 Å². The number of amides is 1. The average molecular weight is 428 g/mol. The molecule has 1 fully saturated rings. The number of hydrogen-bond donors (Lipinski definition) is 0. The number of benzene rings is 2. The third-order valence-electron chi connectivity index (χ3n) is 4.42. The monoisotopic (exact) mass is 429 g/mol. The van der Waals surface area contributed by atoms with Crippen LogP contribution < -0.4 is 0 Å². The molecule has 1 amide bonds. The van der Waals surface area contributed by atoms with E-state index in [2.05, 4.69) is 33.5 Å². The molecule has 1 aliphatic heterocycles. The SMILES string of the molecule is C=[C](N1C(=O)O[C@H](c2ccccc2)[C@@H]1c1ccccc1)[Sn]([CH3])([CH3])[CH3]. The van der Waals surface area contributed by atoms with Crippen molar-refractivity contribution < 1.29 is 9.53 Å². The molecule has 3 rings (SSSR count). The number of cyclic esters (lactones) is 1. The molecule has 3 nitrogen and oxygen atoms in total. The van der Waals surface area contributed by atoms with Gasteiger partial charge in [-0.1, -0.05) is 0 Å². The van der Waals surface area contributed by atoms with E-state index in [9.17, 15) is 4.79 Å². The second-order valence-corrected chi connectivity index (χ2v) is 21.6. The van der Waals surface area contributed by atoms with E-state index in [4.69, 9.17) is 4.74 Å². The molecule has 0 unspecified atom stereocenters. The molecule has 1 heterocycles. The van der Waals surface area contributed by atoms with E-state index in [0.717, 1.165) is 14.8 Å². The number of hydrogen-bond acceptors (Lipinski definition) is 2. The van der Waals surface area contributed by atoms with Gasteiger partial charge in [-0.3, -0.25) is 0 Å². The molecule has 0 aliphatic carbocycles. The van der Waals surface area contributed by atoms with Gasteiger partial charge < -0.3 is 0 Å². The fraction of sp³-hybridized carbons (Fsp3) is 0.250. The van der Waals surface area contributed by atoms with Crippen molar-refractivity contribution in [2.75, 3.05) is 0 Å². The van der Waals surface area contributed by atoms with Crippen LogP contribution >= 0.6 is 0 Å². The van der Waals surface area contributed by atoms with E-state index in [1.54, 1.807) is 0 Å². The van der Waals surface area contributed by atoms with Crippen molar-refractivity contribution in [3.05, 3.63) is 82.1 Å². The standard InChI is InChI=1S/C17H14NO2.3CH3.Sn/c1-2-18-15(13-9-5-3-6-10-13)16(20-17(18)19)14-11-7-4-8-12-14;;;;/h3-12,15-16H,1H2;3*1H3;/t15-,16+;;;;/m0..../s1. The molecule has 0 spiro atoms. The van der Waals surface area contributed by atoms with Gasteiger partial charge in [-0.25, -0.2) is 0 Å². The summed E-state index contributed by atoms with van der Waals surface area (Å²) in [6.07, 6.45) is -0.596. The summed E-state index contributed by atoms with van der Waals surface area (Å²) < 4.78 is 6.78. The van der Waals surface area contributed by atoms with E-state index in [1.165, 1.54) is 0 Å². The predicted octanol–water partition coefficient (Wildman–Crippen LogP) is 5.31. The first-order valence-electron chi connectivity index (χ1n) is 8.18. The quantitative estimate of drug-likeness (QED) is 0.618. The summed E-state index contributed by atoms with van der Waals surface area (Å²) in [5.74, 6) is 0. The molecule has 2 atom stereocenters. The number of ether oxygens (including phenoxy) is 1. The number of carbonyl (C=O) groups excluding carboxylic acids is 1. The molecule has 0 N–H and O–H groups in total. The normalized spacial score (nSPS) is 20.8. The van der Waals surface area contributed by atoms with Crippen LogP contribution in [0.2, 0.25) is 14.8 Å². The Morgan fingerprint density at radius 3 is 1.96 bits per heavy atom. The molecule has 4 heteroatoms. The van der Waals surface area contributed by atoms with Crippen molar-refractivity contribution >= 4 is 24.5 Å². The van der Waals surface area contributed by atoms with Gasteiger partial charge in [0, 0.05) is 0 Å². The van der Waals surface area contributed by atoms with Crippen LogP contribution in [0.4, 0.5) is 4.79 Å². The third-order valence-corrected chi connectivity index (χ3v) is 10.0. The van der Waals surface area contributed by atoms with Crippen molar-refractivity contribution in [2.45, 2.75) is 27.0 Å². The van der Waals surface area contributed by atoms with Crippen molar-refractivity contribution in [1.29, 1.82) is 0 Å². The van der Waals surface area contributed by atoms with Crippen LogP contribution in [0.15, 0.2) is 71.0 Å². The van der Waals surface area contributed by atoms with Crippen LogP contribution in [0.3, 0.4) is 0 Å². The maximum absolute atomic E-state index is 12.7. The van der Waals surface area contributed by atoms with E-state index >= 15 is 0 Å². The Morgan fingerprint density at radius 1 is 0.958 bits per heavy atom. The summed E-state index contributed by atoms with van der Waals surface area (Å²) >= 11 is -2.52. The molecule has 2 aromatic rings. The Balaban J connectivity index is 2.08. The van der Waals surface area contributed by atoms with E-state index < -0.39 is 18.4 Å². The fourth-order valence-electron chi connectivity index (χ4n) is 2.99. The van der Waals surface area contributed by atoms with Gasteiger partial charge in [0.1, 0.15) is 0 Å². The second-order valence-electron chi connectivity index (χ2n) is 7.14. The average Bonchev–Trinajstić information content (AvgIpc) is 2.92. The second kappa shape index (κ2) is 6.63. The first-order chi connectivity index (χ1) is 11.4. The van der Waals surface area contributed by atoms with Crippen LogP contribution in [0.5, 0.6) is 0 Å². The molecule has 0 radical (unpaired) electrons. The first-order valence-corrected chi connectivity index (χ1v) is 18.2. The minimum atomic E-state index is -2.52. The van der Waals surface area contributed by atoms with E-state index in [-0.39, 0.29) is 18.2 Å². The topological polar surface area (TPSA) is 29.5 Å². The van der Waals surface area contributed by atoms with Crippen molar-refractivity contribution in [1.82, 2.24) is 4.90 Å². The molecule has 1 aliphatic rings. The van der Waals surface area contributed by atoms with Gasteiger partial charge in [-0.05, 0) is 0 Å². The Kier molecular flexibility index (Phi) is 4.72. The van der Waals surface area contributed by atoms with Gasteiger partial charge in [-0.2, -0.15) is 0 Å². The molecule has 24 heavy (non-hydrogen) atoms. The molecule has 2 aromatic carbocycles. The molecule has 0 saturated carbocycles.